The SMILES string of the molecule is COC(=O)[C@]12CO[C@H](C(C)(C)C)N1C(=O)C(CCO)=C2C.COC(=O)[C@]12CO[C@H](C(C)(C)C)N1C(=O)[C@]1(CCO)O[C@@]12C. The van der Waals surface area contributed by atoms with Gasteiger partial charge in [-0.25, -0.2) is 9.59 Å². The smallest absolute Gasteiger partial charge is 0.338 e. The van der Waals surface area contributed by atoms with Gasteiger partial charge in [0.05, 0.1) is 27.4 Å². The van der Waals surface area contributed by atoms with Crippen LogP contribution in [-0.2, 0) is 42.9 Å². The number of nitrogens with zero attached hydrogens (tertiary/aromatic N) is 2. The van der Waals surface area contributed by atoms with E-state index in [1.807, 2.05) is 41.5 Å². The van der Waals surface area contributed by atoms with Crippen molar-refractivity contribution in [2.24, 2.45) is 10.8 Å². The molecule has 0 aliphatic carbocycles. The van der Waals surface area contributed by atoms with E-state index in [-0.39, 0.29) is 61.9 Å². The normalized spacial score (nSPS) is 36.3. The van der Waals surface area contributed by atoms with Gasteiger partial charge >= 0.3 is 11.9 Å². The van der Waals surface area contributed by atoms with Crippen LogP contribution < -0.4 is 0 Å². The molecule has 0 saturated carbocycles. The number of morpholine rings is 1. The third kappa shape index (κ3) is 4.22. The fourth-order valence-electron chi connectivity index (χ4n) is 7.28. The largest absolute Gasteiger partial charge is 0.467 e. The Morgan fingerprint density at radius 1 is 0.907 bits per heavy atom. The van der Waals surface area contributed by atoms with Gasteiger partial charge in [0.2, 0.25) is 0 Å². The van der Waals surface area contributed by atoms with E-state index in [2.05, 4.69) is 0 Å². The van der Waals surface area contributed by atoms with Crippen LogP contribution in [0.25, 0.3) is 0 Å². The molecule has 2 N–H and O–H groups in total. The zero-order valence-electron chi connectivity index (χ0n) is 26.9. The van der Waals surface area contributed by atoms with Crippen molar-refractivity contribution in [3.05, 3.63) is 11.1 Å². The summed E-state index contributed by atoms with van der Waals surface area (Å²) in [5.41, 5.74) is -4.24. The molecule has 242 valence electrons. The molecule has 0 aromatic rings. The summed E-state index contributed by atoms with van der Waals surface area (Å²) < 4.78 is 27.3. The van der Waals surface area contributed by atoms with Crippen molar-refractivity contribution in [2.75, 3.05) is 40.6 Å². The number of fused-ring (bicyclic) bond motifs is 4. The molecule has 13 nitrogen and oxygen atoms in total. The van der Waals surface area contributed by atoms with Crippen LogP contribution in [0.4, 0.5) is 0 Å². The van der Waals surface area contributed by atoms with E-state index in [9.17, 15) is 29.4 Å². The van der Waals surface area contributed by atoms with Gasteiger partial charge in [0, 0.05) is 42.5 Å². The van der Waals surface area contributed by atoms with Crippen LogP contribution in [0.1, 0.15) is 68.2 Å². The first-order valence-corrected chi connectivity index (χ1v) is 14.5. The van der Waals surface area contributed by atoms with Gasteiger partial charge < -0.3 is 33.9 Å². The van der Waals surface area contributed by atoms with Crippen LogP contribution in [0.3, 0.4) is 0 Å². The lowest BCUT2D eigenvalue weighted by molar-refractivity contribution is -0.168. The lowest BCUT2D eigenvalue weighted by atomic mass is 9.80. The van der Waals surface area contributed by atoms with Crippen molar-refractivity contribution in [3.8, 4) is 0 Å². The molecule has 0 unspecified atom stereocenters. The highest BCUT2D eigenvalue weighted by Crippen LogP contribution is 2.67. The van der Waals surface area contributed by atoms with Gasteiger partial charge in [-0.3, -0.25) is 19.4 Å². The zero-order chi connectivity index (χ0) is 32.6. The maximum Gasteiger partial charge on any atom is 0.338 e. The Kier molecular flexibility index (Phi) is 8.14. The average Bonchev–Trinajstić information content (AvgIpc) is 3.28. The number of rotatable bonds is 6. The molecule has 5 rings (SSSR count). The second-order valence-electron chi connectivity index (χ2n) is 14.1. The molecule has 5 aliphatic heterocycles. The summed E-state index contributed by atoms with van der Waals surface area (Å²) in [5, 5.41) is 18.5. The number of aliphatic hydroxyl groups excluding tert-OH is 2. The number of amides is 2. The van der Waals surface area contributed by atoms with Crippen LogP contribution in [-0.4, -0.2) is 119 Å². The highest BCUT2D eigenvalue weighted by molar-refractivity contribution is 6.06. The van der Waals surface area contributed by atoms with Crippen LogP contribution in [0, 0.1) is 10.8 Å². The first-order valence-electron chi connectivity index (χ1n) is 14.5. The lowest BCUT2D eigenvalue weighted by Crippen LogP contribution is -2.62. The molecule has 13 heteroatoms. The highest BCUT2D eigenvalue weighted by Gasteiger charge is 2.92. The summed E-state index contributed by atoms with van der Waals surface area (Å²) in [7, 11) is 2.60. The van der Waals surface area contributed by atoms with Gasteiger partial charge in [-0.15, -0.1) is 0 Å². The van der Waals surface area contributed by atoms with E-state index in [1.165, 1.54) is 24.0 Å². The third-order valence-corrected chi connectivity index (χ3v) is 9.56. The van der Waals surface area contributed by atoms with Crippen molar-refractivity contribution in [1.29, 1.82) is 0 Å². The Balaban J connectivity index is 0.000000197. The van der Waals surface area contributed by atoms with Gasteiger partial charge in [0.1, 0.15) is 18.1 Å². The Morgan fingerprint density at radius 3 is 1.93 bits per heavy atom. The topological polar surface area (TPSA) is 165 Å². The Morgan fingerprint density at radius 2 is 1.44 bits per heavy atom. The first-order chi connectivity index (χ1) is 19.8. The molecule has 5 aliphatic rings. The first kappa shape index (κ1) is 33.3. The fourth-order valence-corrected chi connectivity index (χ4v) is 7.28. The lowest BCUT2D eigenvalue weighted by Gasteiger charge is -2.39. The number of esters is 2. The molecule has 4 fully saturated rings. The fraction of sp³-hybridized carbons (Fsp3) is 0.800. The Hall–Kier alpha value is -2.58. The van der Waals surface area contributed by atoms with Crippen LogP contribution in [0.15, 0.2) is 11.1 Å². The number of hydrogen-bond acceptors (Lipinski definition) is 11. The quantitative estimate of drug-likeness (QED) is 0.324. The van der Waals surface area contributed by atoms with Gasteiger partial charge in [-0.1, -0.05) is 41.5 Å². The third-order valence-electron chi connectivity index (χ3n) is 9.56. The van der Waals surface area contributed by atoms with E-state index in [4.69, 9.17) is 23.7 Å². The number of methoxy groups -OCH3 is 2. The van der Waals surface area contributed by atoms with Crippen molar-refractivity contribution < 1.29 is 53.1 Å². The minimum atomic E-state index is -1.29. The second-order valence-corrected chi connectivity index (χ2v) is 14.1. The molecule has 0 radical (unpaired) electrons. The predicted molar refractivity (Wildman–Crippen MR) is 150 cm³/mol. The van der Waals surface area contributed by atoms with Gasteiger partial charge in [-0.2, -0.15) is 0 Å². The number of aliphatic hydroxyl groups is 2. The summed E-state index contributed by atoms with van der Waals surface area (Å²) in [4.78, 5) is 53.8. The molecule has 5 heterocycles. The number of hydrogen-bond donors (Lipinski definition) is 2. The van der Waals surface area contributed by atoms with Crippen molar-refractivity contribution in [2.45, 2.75) is 103 Å². The Labute approximate surface area is 252 Å². The summed E-state index contributed by atoms with van der Waals surface area (Å²) in [6.07, 6.45) is -0.649. The van der Waals surface area contributed by atoms with Crippen LogP contribution in [0.2, 0.25) is 0 Å². The van der Waals surface area contributed by atoms with Crippen molar-refractivity contribution >= 4 is 23.8 Å². The maximum atomic E-state index is 13.0. The van der Waals surface area contributed by atoms with Crippen LogP contribution >= 0.6 is 0 Å². The number of ether oxygens (including phenoxy) is 5. The minimum Gasteiger partial charge on any atom is -0.467 e. The zero-order valence-corrected chi connectivity index (χ0v) is 26.9. The molecule has 2 amide bonds. The minimum absolute atomic E-state index is 0.0387. The Bertz CT molecular complexity index is 1240. The second kappa shape index (κ2) is 10.5. The van der Waals surface area contributed by atoms with Crippen molar-refractivity contribution in [1.82, 2.24) is 9.80 Å². The molecule has 6 atom stereocenters. The van der Waals surface area contributed by atoms with Gasteiger partial charge in [0.15, 0.2) is 16.7 Å². The number of carbonyl (C=O) groups excluding carboxylic acids is 4. The molecular weight excluding hydrogens is 564 g/mol. The number of epoxide rings is 1. The standard InChI is InChI=1S/C15H23NO6.C15H23NO5/c1-12(2,3)10-16-9(18)15(6-7-17)13(4,22-15)14(16,8-21-10)11(19)20-5;1-9-10(6-7-17)11(18)16-12(14(2,3)4)21-8-15(9,16)13(19)20-5/h10,17H,6-8H2,1-5H3;12,17H,6-8H2,1-5H3/t10-,13-,14+,15+;12-,15-/m11/s1. The molecule has 0 aromatic heterocycles. The van der Waals surface area contributed by atoms with Crippen molar-refractivity contribution in [3.63, 3.8) is 0 Å². The monoisotopic (exact) mass is 610 g/mol. The summed E-state index contributed by atoms with van der Waals surface area (Å²) in [6, 6.07) is 0. The molecule has 43 heavy (non-hydrogen) atoms. The molecule has 4 saturated heterocycles. The molecule has 0 aromatic carbocycles. The molecular formula is C30H46N2O11. The van der Waals surface area contributed by atoms with Gasteiger partial charge in [-0.05, 0) is 19.4 Å². The van der Waals surface area contributed by atoms with E-state index in [0.29, 0.717) is 11.1 Å². The maximum absolute atomic E-state index is 13.0. The van der Waals surface area contributed by atoms with E-state index < -0.39 is 46.7 Å². The van der Waals surface area contributed by atoms with E-state index in [0.717, 1.165) is 0 Å². The molecule has 0 bridgehead atoms. The molecule has 0 spiro atoms. The summed E-state index contributed by atoms with van der Waals surface area (Å²) in [5.74, 6) is -1.57. The average molecular weight is 611 g/mol. The number of carbonyl (C=O) groups is 4. The highest BCUT2D eigenvalue weighted by atomic mass is 16.7. The van der Waals surface area contributed by atoms with E-state index in [1.54, 1.807) is 13.8 Å². The predicted octanol–water partition coefficient (Wildman–Crippen LogP) is 0.895. The van der Waals surface area contributed by atoms with E-state index >= 15 is 0 Å². The summed E-state index contributed by atoms with van der Waals surface area (Å²) >= 11 is 0. The summed E-state index contributed by atoms with van der Waals surface area (Å²) in [6.45, 7) is 15.0. The van der Waals surface area contributed by atoms with Gasteiger partial charge in [0.25, 0.3) is 11.8 Å². The van der Waals surface area contributed by atoms with Crippen LogP contribution in [0.5, 0.6) is 0 Å².